The number of aromatic nitrogens is 2. The summed E-state index contributed by atoms with van der Waals surface area (Å²) in [7, 11) is 0. The number of unbranched alkanes of at least 4 members (excludes halogenated alkanes) is 1. The highest BCUT2D eigenvalue weighted by atomic mass is 14.9. The van der Waals surface area contributed by atoms with Crippen LogP contribution in [0.25, 0.3) is 11.3 Å². The summed E-state index contributed by atoms with van der Waals surface area (Å²) in [4.78, 5) is 7.77. The Morgan fingerprint density at radius 3 is 2.69 bits per heavy atom. The fraction of sp³-hybridized carbons (Fsp3) is 0.308. The molecule has 1 aromatic heterocycles. The number of aryl methyl sites for hydroxylation is 1. The van der Waals surface area contributed by atoms with Gasteiger partial charge in [0.25, 0.3) is 0 Å². The zero-order chi connectivity index (χ0) is 11.2. The number of H-pyrrole nitrogens is 1. The van der Waals surface area contributed by atoms with Crippen LogP contribution in [0.15, 0.2) is 36.5 Å². The van der Waals surface area contributed by atoms with Gasteiger partial charge in [0, 0.05) is 18.2 Å². The first-order valence-corrected chi connectivity index (χ1v) is 5.70. The first-order chi connectivity index (χ1) is 7.90. The number of nitrogens with two attached hydrogens (primary N) is 1. The van der Waals surface area contributed by atoms with Crippen LogP contribution in [0.1, 0.15) is 18.7 Å². The molecule has 0 saturated heterocycles. The Kier molecular flexibility index (Phi) is 3.72. The van der Waals surface area contributed by atoms with Crippen LogP contribution in [0.2, 0.25) is 0 Å². The van der Waals surface area contributed by atoms with Crippen molar-refractivity contribution in [3.05, 3.63) is 42.4 Å². The van der Waals surface area contributed by atoms with E-state index in [-0.39, 0.29) is 0 Å². The number of nitrogens with zero attached hydrogens (tertiary/aromatic N) is 1. The summed E-state index contributed by atoms with van der Waals surface area (Å²) in [5.74, 6) is 1.05. The van der Waals surface area contributed by atoms with Crippen LogP contribution in [0.3, 0.4) is 0 Å². The minimum absolute atomic E-state index is 0.756. The third-order valence-corrected chi connectivity index (χ3v) is 2.57. The minimum atomic E-state index is 0.756. The quantitative estimate of drug-likeness (QED) is 0.752. The fourth-order valence-corrected chi connectivity index (χ4v) is 1.68. The first-order valence-electron chi connectivity index (χ1n) is 5.70. The van der Waals surface area contributed by atoms with E-state index in [9.17, 15) is 0 Å². The molecule has 0 amide bonds. The molecule has 2 aromatic rings. The van der Waals surface area contributed by atoms with Crippen LogP contribution in [-0.2, 0) is 6.42 Å². The van der Waals surface area contributed by atoms with E-state index in [1.807, 2.05) is 24.4 Å². The lowest BCUT2D eigenvalue weighted by Crippen LogP contribution is -1.99. The van der Waals surface area contributed by atoms with Gasteiger partial charge in [-0.2, -0.15) is 0 Å². The standard InChI is InChI=1S/C13H17N3/c14-9-5-4-8-13-15-10-12(16-13)11-6-2-1-3-7-11/h1-3,6-7,10H,4-5,8-9,14H2,(H,15,16). The predicted octanol–water partition coefficient (Wildman–Crippen LogP) is 2.36. The zero-order valence-electron chi connectivity index (χ0n) is 9.32. The molecule has 3 N–H and O–H groups in total. The Morgan fingerprint density at radius 1 is 1.12 bits per heavy atom. The molecule has 0 bridgehead atoms. The predicted molar refractivity (Wildman–Crippen MR) is 66.0 cm³/mol. The van der Waals surface area contributed by atoms with E-state index in [2.05, 4.69) is 22.1 Å². The van der Waals surface area contributed by atoms with Gasteiger partial charge in [-0.05, 0) is 19.4 Å². The summed E-state index contributed by atoms with van der Waals surface area (Å²) >= 11 is 0. The van der Waals surface area contributed by atoms with E-state index in [1.165, 1.54) is 0 Å². The molecule has 1 heterocycles. The van der Waals surface area contributed by atoms with Crippen molar-refractivity contribution in [3.8, 4) is 11.3 Å². The van der Waals surface area contributed by atoms with Crippen molar-refractivity contribution in [3.63, 3.8) is 0 Å². The van der Waals surface area contributed by atoms with Gasteiger partial charge in [0.2, 0.25) is 0 Å². The third-order valence-electron chi connectivity index (χ3n) is 2.57. The molecule has 0 aliphatic heterocycles. The smallest absolute Gasteiger partial charge is 0.106 e. The average Bonchev–Trinajstić information content (AvgIpc) is 2.79. The molecule has 0 atom stereocenters. The molecule has 3 nitrogen and oxygen atoms in total. The molecule has 1 aromatic carbocycles. The second-order valence-corrected chi connectivity index (χ2v) is 3.84. The van der Waals surface area contributed by atoms with Crippen molar-refractivity contribution in [2.75, 3.05) is 6.54 Å². The third kappa shape index (κ3) is 2.70. The number of rotatable bonds is 5. The summed E-state index contributed by atoms with van der Waals surface area (Å²) in [6.45, 7) is 0.756. The van der Waals surface area contributed by atoms with E-state index in [1.54, 1.807) is 0 Å². The zero-order valence-corrected chi connectivity index (χ0v) is 9.32. The molecule has 0 saturated carbocycles. The van der Waals surface area contributed by atoms with E-state index < -0.39 is 0 Å². The van der Waals surface area contributed by atoms with Crippen molar-refractivity contribution < 1.29 is 0 Å². The Balaban J connectivity index is 2.02. The Hall–Kier alpha value is -1.61. The Morgan fingerprint density at radius 2 is 1.94 bits per heavy atom. The van der Waals surface area contributed by atoms with Crippen LogP contribution in [0, 0.1) is 0 Å². The second-order valence-electron chi connectivity index (χ2n) is 3.84. The van der Waals surface area contributed by atoms with E-state index >= 15 is 0 Å². The van der Waals surface area contributed by atoms with Gasteiger partial charge in [-0.3, -0.25) is 0 Å². The van der Waals surface area contributed by atoms with Crippen molar-refractivity contribution in [1.82, 2.24) is 9.97 Å². The lowest BCUT2D eigenvalue weighted by molar-refractivity contribution is 0.723. The molecule has 0 radical (unpaired) electrons. The molecular formula is C13H17N3. The fourth-order valence-electron chi connectivity index (χ4n) is 1.68. The largest absolute Gasteiger partial charge is 0.348 e. The topological polar surface area (TPSA) is 54.7 Å². The van der Waals surface area contributed by atoms with Gasteiger partial charge in [-0.1, -0.05) is 30.3 Å². The van der Waals surface area contributed by atoms with Gasteiger partial charge in [0.15, 0.2) is 0 Å². The molecule has 84 valence electrons. The second kappa shape index (κ2) is 5.47. The molecular weight excluding hydrogens is 198 g/mol. The highest BCUT2D eigenvalue weighted by Gasteiger charge is 2.02. The summed E-state index contributed by atoms with van der Waals surface area (Å²) < 4.78 is 0. The van der Waals surface area contributed by atoms with Crippen LogP contribution in [0.5, 0.6) is 0 Å². The molecule has 3 heteroatoms. The average molecular weight is 215 g/mol. The van der Waals surface area contributed by atoms with Crippen LogP contribution >= 0.6 is 0 Å². The van der Waals surface area contributed by atoms with Gasteiger partial charge in [-0.15, -0.1) is 0 Å². The van der Waals surface area contributed by atoms with Crippen LogP contribution in [0.4, 0.5) is 0 Å². The van der Waals surface area contributed by atoms with Crippen LogP contribution in [-0.4, -0.2) is 16.5 Å². The van der Waals surface area contributed by atoms with Crippen molar-refractivity contribution in [1.29, 1.82) is 0 Å². The summed E-state index contributed by atoms with van der Waals surface area (Å²) in [6, 6.07) is 10.2. The number of benzene rings is 1. The summed E-state index contributed by atoms with van der Waals surface area (Å²) in [6.07, 6.45) is 5.09. The monoisotopic (exact) mass is 215 g/mol. The molecule has 0 unspecified atom stereocenters. The van der Waals surface area contributed by atoms with Crippen LogP contribution < -0.4 is 5.73 Å². The van der Waals surface area contributed by atoms with Crippen molar-refractivity contribution >= 4 is 0 Å². The first kappa shape index (κ1) is 10.9. The van der Waals surface area contributed by atoms with Gasteiger partial charge < -0.3 is 10.7 Å². The van der Waals surface area contributed by atoms with Gasteiger partial charge in [-0.25, -0.2) is 4.98 Å². The number of hydrogen-bond acceptors (Lipinski definition) is 2. The number of hydrogen-bond donors (Lipinski definition) is 2. The maximum atomic E-state index is 5.46. The molecule has 16 heavy (non-hydrogen) atoms. The highest BCUT2D eigenvalue weighted by molar-refractivity contribution is 5.57. The molecule has 0 aliphatic rings. The molecule has 2 rings (SSSR count). The highest BCUT2D eigenvalue weighted by Crippen LogP contribution is 2.16. The summed E-state index contributed by atoms with van der Waals surface area (Å²) in [5.41, 5.74) is 7.63. The van der Waals surface area contributed by atoms with Gasteiger partial charge >= 0.3 is 0 Å². The van der Waals surface area contributed by atoms with Gasteiger partial charge in [0.05, 0.1) is 5.69 Å². The maximum absolute atomic E-state index is 5.46. The lowest BCUT2D eigenvalue weighted by Gasteiger charge is -1.95. The number of nitrogens with one attached hydrogen (secondary N) is 1. The van der Waals surface area contributed by atoms with E-state index in [0.717, 1.165) is 42.9 Å². The number of aromatic amines is 1. The van der Waals surface area contributed by atoms with Gasteiger partial charge in [0.1, 0.15) is 5.82 Å². The molecule has 0 fully saturated rings. The van der Waals surface area contributed by atoms with E-state index in [0.29, 0.717) is 0 Å². The van der Waals surface area contributed by atoms with E-state index in [4.69, 9.17) is 5.73 Å². The van der Waals surface area contributed by atoms with Crippen molar-refractivity contribution in [2.45, 2.75) is 19.3 Å². The summed E-state index contributed by atoms with van der Waals surface area (Å²) in [5, 5.41) is 0. The normalized spacial score (nSPS) is 10.6. The maximum Gasteiger partial charge on any atom is 0.106 e. The number of imidazole rings is 1. The lowest BCUT2D eigenvalue weighted by atomic mass is 10.2. The minimum Gasteiger partial charge on any atom is -0.348 e. The Bertz CT molecular complexity index is 420. The molecule has 0 aliphatic carbocycles. The van der Waals surface area contributed by atoms with Crippen molar-refractivity contribution in [2.24, 2.45) is 5.73 Å². The SMILES string of the molecule is NCCCCc1nc(-c2ccccc2)c[nH]1. The Labute approximate surface area is 95.7 Å². The molecule has 0 spiro atoms.